The average Bonchev–Trinajstić information content (AvgIpc) is 3.22. The second-order valence-electron chi connectivity index (χ2n) is 5.19. The highest BCUT2D eigenvalue weighted by molar-refractivity contribution is 5.76. The van der Waals surface area contributed by atoms with Gasteiger partial charge in [0.15, 0.2) is 0 Å². The van der Waals surface area contributed by atoms with Crippen molar-refractivity contribution in [2.45, 2.75) is 31.7 Å². The van der Waals surface area contributed by atoms with E-state index in [2.05, 4.69) is 17.3 Å². The zero-order valence-corrected chi connectivity index (χ0v) is 11.4. The first-order valence-electron chi connectivity index (χ1n) is 6.90. The van der Waals surface area contributed by atoms with Gasteiger partial charge < -0.3 is 15.3 Å². The van der Waals surface area contributed by atoms with Crippen LogP contribution in [0.4, 0.5) is 0 Å². The molecule has 104 valence electrons. The fourth-order valence-electron chi connectivity index (χ4n) is 2.13. The maximum Gasteiger partial charge on any atom is 0.220 e. The molecule has 1 aliphatic rings. The van der Waals surface area contributed by atoms with Crippen LogP contribution in [-0.2, 0) is 11.2 Å². The van der Waals surface area contributed by atoms with Crippen LogP contribution < -0.4 is 5.32 Å². The Hall–Kier alpha value is -1.55. The molecule has 0 saturated heterocycles. The third kappa shape index (κ3) is 4.56. The van der Waals surface area contributed by atoms with Gasteiger partial charge in [0, 0.05) is 25.6 Å². The smallest absolute Gasteiger partial charge is 0.220 e. The number of phenolic OH excluding ortho intramolecular Hbond substituents is 1. The number of carbonyl (C=O) groups excluding carboxylic acids is 1. The summed E-state index contributed by atoms with van der Waals surface area (Å²) in [6.45, 7) is 1.61. The number of para-hydroxylation sites is 1. The van der Waals surface area contributed by atoms with Crippen molar-refractivity contribution in [3.05, 3.63) is 29.8 Å². The summed E-state index contributed by atoms with van der Waals surface area (Å²) in [6.07, 6.45) is 3.58. The lowest BCUT2D eigenvalue weighted by molar-refractivity contribution is -0.121. The van der Waals surface area contributed by atoms with E-state index in [0.29, 0.717) is 19.4 Å². The first-order chi connectivity index (χ1) is 9.16. The van der Waals surface area contributed by atoms with Crippen LogP contribution in [0.2, 0.25) is 0 Å². The lowest BCUT2D eigenvalue weighted by atomic mass is 10.1. The Kier molecular flexibility index (Phi) is 4.80. The van der Waals surface area contributed by atoms with Crippen molar-refractivity contribution in [2.75, 3.05) is 20.1 Å². The van der Waals surface area contributed by atoms with Gasteiger partial charge in [-0.25, -0.2) is 0 Å². The molecule has 0 unspecified atom stereocenters. The molecule has 1 saturated carbocycles. The van der Waals surface area contributed by atoms with E-state index in [-0.39, 0.29) is 11.7 Å². The van der Waals surface area contributed by atoms with Crippen molar-refractivity contribution in [3.63, 3.8) is 0 Å². The zero-order valence-electron chi connectivity index (χ0n) is 11.4. The first kappa shape index (κ1) is 13.9. The molecular formula is C15H22N2O2. The van der Waals surface area contributed by atoms with E-state index in [9.17, 15) is 9.90 Å². The van der Waals surface area contributed by atoms with E-state index in [1.54, 1.807) is 12.1 Å². The van der Waals surface area contributed by atoms with Gasteiger partial charge in [-0.2, -0.15) is 0 Å². The summed E-state index contributed by atoms with van der Waals surface area (Å²) in [4.78, 5) is 14.0. The van der Waals surface area contributed by atoms with Gasteiger partial charge in [-0.15, -0.1) is 0 Å². The maximum atomic E-state index is 11.7. The third-order valence-corrected chi connectivity index (χ3v) is 3.57. The van der Waals surface area contributed by atoms with Crippen LogP contribution in [0, 0.1) is 0 Å². The van der Waals surface area contributed by atoms with Crippen molar-refractivity contribution in [2.24, 2.45) is 0 Å². The molecule has 0 aliphatic heterocycles. The van der Waals surface area contributed by atoms with Gasteiger partial charge in [-0.05, 0) is 37.9 Å². The summed E-state index contributed by atoms with van der Waals surface area (Å²) in [5.41, 5.74) is 0.827. The second kappa shape index (κ2) is 6.57. The van der Waals surface area contributed by atoms with Crippen molar-refractivity contribution in [1.29, 1.82) is 0 Å². The number of aromatic hydroxyl groups is 1. The van der Waals surface area contributed by atoms with Gasteiger partial charge in [0.1, 0.15) is 5.75 Å². The number of hydrogen-bond acceptors (Lipinski definition) is 3. The van der Waals surface area contributed by atoms with Crippen LogP contribution in [0.3, 0.4) is 0 Å². The number of rotatable bonds is 7. The number of benzene rings is 1. The van der Waals surface area contributed by atoms with Gasteiger partial charge >= 0.3 is 0 Å². The summed E-state index contributed by atoms with van der Waals surface area (Å²) in [7, 11) is 2.10. The molecule has 4 heteroatoms. The minimum Gasteiger partial charge on any atom is -0.508 e. The van der Waals surface area contributed by atoms with Crippen LogP contribution in [-0.4, -0.2) is 42.1 Å². The highest BCUT2D eigenvalue weighted by atomic mass is 16.3. The monoisotopic (exact) mass is 262 g/mol. The fourth-order valence-corrected chi connectivity index (χ4v) is 2.13. The lowest BCUT2D eigenvalue weighted by Gasteiger charge is -2.15. The van der Waals surface area contributed by atoms with Crippen LogP contribution in [0.25, 0.3) is 0 Å². The average molecular weight is 262 g/mol. The molecule has 1 aromatic rings. The SMILES string of the molecule is CN(CCNC(=O)CCc1ccccc1O)C1CC1. The fraction of sp³-hybridized carbons (Fsp3) is 0.533. The number of phenols is 1. The molecular weight excluding hydrogens is 240 g/mol. The summed E-state index contributed by atoms with van der Waals surface area (Å²) in [5, 5.41) is 12.5. The van der Waals surface area contributed by atoms with Crippen LogP contribution in [0.5, 0.6) is 5.75 Å². The third-order valence-electron chi connectivity index (χ3n) is 3.57. The van der Waals surface area contributed by atoms with Crippen molar-refractivity contribution in [3.8, 4) is 5.75 Å². The number of aryl methyl sites for hydroxylation is 1. The van der Waals surface area contributed by atoms with E-state index in [0.717, 1.165) is 18.2 Å². The number of hydrogen-bond donors (Lipinski definition) is 2. The summed E-state index contributed by atoms with van der Waals surface area (Å²) >= 11 is 0. The molecule has 0 spiro atoms. The Morgan fingerprint density at radius 3 is 2.84 bits per heavy atom. The topological polar surface area (TPSA) is 52.6 Å². The highest BCUT2D eigenvalue weighted by Crippen LogP contribution is 2.24. The molecule has 4 nitrogen and oxygen atoms in total. The van der Waals surface area contributed by atoms with Crippen molar-refractivity contribution >= 4 is 5.91 Å². The Morgan fingerprint density at radius 1 is 1.42 bits per heavy atom. The quantitative estimate of drug-likeness (QED) is 0.783. The van der Waals surface area contributed by atoms with Gasteiger partial charge in [0.25, 0.3) is 0 Å². The Balaban J connectivity index is 1.63. The predicted molar refractivity (Wildman–Crippen MR) is 75.1 cm³/mol. The molecule has 1 amide bonds. The van der Waals surface area contributed by atoms with Gasteiger partial charge in [-0.1, -0.05) is 18.2 Å². The molecule has 2 N–H and O–H groups in total. The van der Waals surface area contributed by atoms with Gasteiger partial charge in [-0.3, -0.25) is 4.79 Å². The number of carbonyl (C=O) groups is 1. The van der Waals surface area contributed by atoms with E-state index in [1.165, 1.54) is 12.8 Å². The predicted octanol–water partition coefficient (Wildman–Crippen LogP) is 1.54. The Labute approximate surface area is 114 Å². The van der Waals surface area contributed by atoms with Crippen molar-refractivity contribution in [1.82, 2.24) is 10.2 Å². The molecule has 0 aromatic heterocycles. The molecule has 2 rings (SSSR count). The molecule has 0 atom stereocenters. The minimum absolute atomic E-state index is 0.0486. The summed E-state index contributed by atoms with van der Waals surface area (Å²) in [5.74, 6) is 0.316. The maximum absolute atomic E-state index is 11.7. The largest absolute Gasteiger partial charge is 0.508 e. The summed E-state index contributed by atoms with van der Waals surface area (Å²) < 4.78 is 0. The van der Waals surface area contributed by atoms with Crippen LogP contribution in [0.1, 0.15) is 24.8 Å². The van der Waals surface area contributed by atoms with Crippen LogP contribution >= 0.6 is 0 Å². The van der Waals surface area contributed by atoms with E-state index in [1.807, 2.05) is 12.1 Å². The number of nitrogens with zero attached hydrogens (tertiary/aromatic N) is 1. The first-order valence-corrected chi connectivity index (χ1v) is 6.90. The van der Waals surface area contributed by atoms with E-state index in [4.69, 9.17) is 0 Å². The molecule has 0 bridgehead atoms. The minimum atomic E-state index is 0.0486. The van der Waals surface area contributed by atoms with E-state index < -0.39 is 0 Å². The molecule has 1 aromatic carbocycles. The second-order valence-corrected chi connectivity index (χ2v) is 5.19. The lowest BCUT2D eigenvalue weighted by Crippen LogP contribution is -2.34. The molecule has 19 heavy (non-hydrogen) atoms. The number of likely N-dealkylation sites (N-methyl/N-ethyl adjacent to an activating group) is 1. The van der Waals surface area contributed by atoms with Crippen molar-refractivity contribution < 1.29 is 9.90 Å². The van der Waals surface area contributed by atoms with E-state index >= 15 is 0 Å². The van der Waals surface area contributed by atoms with Crippen LogP contribution in [0.15, 0.2) is 24.3 Å². The Morgan fingerprint density at radius 2 is 2.16 bits per heavy atom. The molecule has 0 heterocycles. The zero-order chi connectivity index (χ0) is 13.7. The number of nitrogens with one attached hydrogen (secondary N) is 1. The standard InChI is InChI=1S/C15H22N2O2/c1-17(13-7-8-13)11-10-16-15(19)9-6-12-4-2-3-5-14(12)18/h2-5,13,18H,6-11H2,1H3,(H,16,19). The normalized spacial score (nSPS) is 14.6. The summed E-state index contributed by atoms with van der Waals surface area (Å²) in [6, 6.07) is 7.89. The number of amides is 1. The van der Waals surface area contributed by atoms with Gasteiger partial charge in [0.2, 0.25) is 5.91 Å². The van der Waals surface area contributed by atoms with Gasteiger partial charge in [0.05, 0.1) is 0 Å². The molecule has 0 radical (unpaired) electrons. The highest BCUT2D eigenvalue weighted by Gasteiger charge is 2.25. The Bertz CT molecular complexity index is 430. The molecule has 1 fully saturated rings. The molecule has 1 aliphatic carbocycles.